The summed E-state index contributed by atoms with van der Waals surface area (Å²) in [5, 5.41) is 9.73. The molecule has 0 fully saturated rings. The normalized spacial score (nSPS) is 15.6. The Balaban J connectivity index is 1.69. The van der Waals surface area contributed by atoms with Gasteiger partial charge in [-0.3, -0.25) is 9.59 Å². The van der Waals surface area contributed by atoms with Gasteiger partial charge in [0.1, 0.15) is 23.5 Å². The second-order valence-electron chi connectivity index (χ2n) is 6.66. The smallest absolute Gasteiger partial charge is 0.249 e. The quantitative estimate of drug-likeness (QED) is 0.668. The molecular weight excluding hydrogens is 402 g/mol. The Morgan fingerprint density at radius 1 is 1.24 bits per heavy atom. The van der Waals surface area contributed by atoms with E-state index < -0.39 is 17.8 Å². The van der Waals surface area contributed by atoms with E-state index in [1.807, 2.05) is 0 Å². The lowest BCUT2D eigenvalue weighted by atomic mass is 10.1. The van der Waals surface area contributed by atoms with Crippen LogP contribution >= 0.6 is 11.6 Å². The zero-order valence-electron chi connectivity index (χ0n) is 15.2. The largest absolute Gasteiger partial charge is 0.324 e. The first kappa shape index (κ1) is 19.1. The van der Waals surface area contributed by atoms with Gasteiger partial charge in [0.25, 0.3) is 0 Å². The van der Waals surface area contributed by atoms with Crippen molar-refractivity contribution in [2.24, 2.45) is 0 Å². The zero-order chi connectivity index (χ0) is 20.7. The number of rotatable bonds is 3. The van der Waals surface area contributed by atoms with E-state index in [2.05, 4.69) is 15.7 Å². The molecule has 3 aromatic rings. The molecule has 0 aliphatic carbocycles. The predicted molar refractivity (Wildman–Crippen MR) is 105 cm³/mol. The van der Waals surface area contributed by atoms with Crippen LogP contribution in [0.4, 0.5) is 20.3 Å². The lowest BCUT2D eigenvalue weighted by Gasteiger charge is -2.24. The van der Waals surface area contributed by atoms with Gasteiger partial charge in [0.05, 0.1) is 17.1 Å². The van der Waals surface area contributed by atoms with E-state index in [1.165, 1.54) is 28.9 Å². The van der Waals surface area contributed by atoms with Gasteiger partial charge in [0, 0.05) is 16.8 Å². The molecule has 1 aliphatic heterocycles. The number of benzene rings is 2. The first-order valence-electron chi connectivity index (χ1n) is 8.74. The van der Waals surface area contributed by atoms with Crippen LogP contribution in [0.1, 0.15) is 18.0 Å². The fourth-order valence-corrected chi connectivity index (χ4v) is 3.40. The van der Waals surface area contributed by atoms with E-state index >= 15 is 0 Å². The lowest BCUT2D eigenvalue weighted by Crippen LogP contribution is -2.35. The molecule has 9 heteroatoms. The number of hydrogen-bond acceptors (Lipinski definition) is 3. The second kappa shape index (κ2) is 7.29. The van der Waals surface area contributed by atoms with Gasteiger partial charge in [-0.05, 0) is 49.4 Å². The van der Waals surface area contributed by atoms with Crippen molar-refractivity contribution in [3.63, 3.8) is 0 Å². The molecule has 148 valence electrons. The van der Waals surface area contributed by atoms with Crippen LogP contribution in [0.3, 0.4) is 0 Å². The molecule has 2 heterocycles. The third kappa shape index (κ3) is 3.58. The molecule has 0 spiro atoms. The van der Waals surface area contributed by atoms with E-state index in [9.17, 15) is 18.4 Å². The standard InChI is InChI=1S/C20H15ClF2N4O2/c1-10-18(11-2-4-12(22)5-3-11)26-27-16(9-17(28)25-19(10)27)20(29)24-13-6-7-15(23)14(21)8-13/h2-8,16H,9H2,1H3,(H,24,29)(H,25,28)/t16-/m0/s1. The molecule has 0 saturated carbocycles. The number of hydrogen-bond donors (Lipinski definition) is 2. The van der Waals surface area contributed by atoms with Crippen LogP contribution in [0, 0.1) is 18.6 Å². The molecule has 0 unspecified atom stereocenters. The maximum Gasteiger partial charge on any atom is 0.249 e. The summed E-state index contributed by atoms with van der Waals surface area (Å²) in [5.74, 6) is -1.40. The topological polar surface area (TPSA) is 76.0 Å². The van der Waals surface area contributed by atoms with Crippen molar-refractivity contribution in [2.45, 2.75) is 19.4 Å². The average molecular weight is 417 g/mol. The molecule has 0 bridgehead atoms. The van der Waals surface area contributed by atoms with Crippen molar-refractivity contribution in [3.05, 3.63) is 64.7 Å². The molecule has 4 rings (SSSR count). The van der Waals surface area contributed by atoms with Crippen LogP contribution in [-0.2, 0) is 9.59 Å². The number of carbonyl (C=O) groups is 2. The van der Waals surface area contributed by atoms with Crippen molar-refractivity contribution in [1.82, 2.24) is 9.78 Å². The third-order valence-corrected chi connectivity index (χ3v) is 4.98. The molecule has 29 heavy (non-hydrogen) atoms. The van der Waals surface area contributed by atoms with Crippen LogP contribution in [0.25, 0.3) is 11.3 Å². The monoisotopic (exact) mass is 416 g/mol. The minimum Gasteiger partial charge on any atom is -0.324 e. The third-order valence-electron chi connectivity index (χ3n) is 4.69. The van der Waals surface area contributed by atoms with Gasteiger partial charge in [-0.25, -0.2) is 13.5 Å². The summed E-state index contributed by atoms with van der Waals surface area (Å²) in [6.07, 6.45) is -0.113. The molecule has 0 radical (unpaired) electrons. The summed E-state index contributed by atoms with van der Waals surface area (Å²) in [4.78, 5) is 25.0. The van der Waals surface area contributed by atoms with Crippen LogP contribution in [0.2, 0.25) is 5.02 Å². The van der Waals surface area contributed by atoms with Gasteiger partial charge in [-0.2, -0.15) is 5.10 Å². The number of anilines is 2. The Bertz CT molecular complexity index is 1130. The van der Waals surface area contributed by atoms with Crippen molar-refractivity contribution in [3.8, 4) is 11.3 Å². The van der Waals surface area contributed by atoms with Crippen LogP contribution < -0.4 is 10.6 Å². The summed E-state index contributed by atoms with van der Waals surface area (Å²) in [6.45, 7) is 1.76. The second-order valence-corrected chi connectivity index (χ2v) is 7.07. The van der Waals surface area contributed by atoms with Gasteiger partial charge < -0.3 is 10.6 Å². The average Bonchev–Trinajstić information content (AvgIpc) is 3.01. The van der Waals surface area contributed by atoms with Gasteiger partial charge >= 0.3 is 0 Å². The Hall–Kier alpha value is -3.26. The zero-order valence-corrected chi connectivity index (χ0v) is 15.9. The highest BCUT2D eigenvalue weighted by molar-refractivity contribution is 6.31. The van der Waals surface area contributed by atoms with E-state index in [1.54, 1.807) is 19.1 Å². The van der Waals surface area contributed by atoms with Crippen molar-refractivity contribution in [1.29, 1.82) is 0 Å². The van der Waals surface area contributed by atoms with E-state index in [0.717, 1.165) is 6.07 Å². The molecule has 2 aromatic carbocycles. The van der Waals surface area contributed by atoms with Crippen LogP contribution in [-0.4, -0.2) is 21.6 Å². The van der Waals surface area contributed by atoms with Crippen molar-refractivity contribution in [2.75, 3.05) is 10.6 Å². The van der Waals surface area contributed by atoms with Crippen LogP contribution in [0.5, 0.6) is 0 Å². The first-order valence-corrected chi connectivity index (χ1v) is 9.12. The summed E-state index contributed by atoms with van der Waals surface area (Å²) in [7, 11) is 0. The van der Waals surface area contributed by atoms with Crippen molar-refractivity contribution >= 4 is 34.9 Å². The maximum absolute atomic E-state index is 13.3. The van der Waals surface area contributed by atoms with Crippen molar-refractivity contribution < 1.29 is 18.4 Å². The Labute approximate surface area is 169 Å². The lowest BCUT2D eigenvalue weighted by molar-refractivity contribution is -0.125. The molecular formula is C20H15ClF2N4O2. The van der Waals surface area contributed by atoms with Gasteiger partial charge in [-0.1, -0.05) is 11.6 Å². The molecule has 1 aromatic heterocycles. The number of nitrogens with zero attached hydrogens (tertiary/aromatic N) is 2. The Morgan fingerprint density at radius 2 is 1.97 bits per heavy atom. The summed E-state index contributed by atoms with van der Waals surface area (Å²) < 4.78 is 28.0. The minimum atomic E-state index is -0.907. The molecule has 0 saturated heterocycles. The van der Waals surface area contributed by atoms with E-state index in [4.69, 9.17) is 11.6 Å². The number of aromatic nitrogens is 2. The molecule has 2 amide bonds. The van der Waals surface area contributed by atoms with Gasteiger partial charge in [0.15, 0.2) is 0 Å². The first-order chi connectivity index (χ1) is 13.8. The van der Waals surface area contributed by atoms with E-state index in [-0.39, 0.29) is 23.2 Å². The maximum atomic E-state index is 13.3. The highest BCUT2D eigenvalue weighted by atomic mass is 35.5. The van der Waals surface area contributed by atoms with Crippen LogP contribution in [0.15, 0.2) is 42.5 Å². The number of carbonyl (C=O) groups excluding carboxylic acids is 2. The van der Waals surface area contributed by atoms with Gasteiger partial charge in [-0.15, -0.1) is 0 Å². The number of nitrogens with one attached hydrogen (secondary N) is 2. The summed E-state index contributed by atoms with van der Waals surface area (Å²) in [6, 6.07) is 8.68. The van der Waals surface area contributed by atoms with Gasteiger partial charge in [0.2, 0.25) is 11.8 Å². The summed E-state index contributed by atoms with van der Waals surface area (Å²) in [5.41, 5.74) is 2.15. The fourth-order valence-electron chi connectivity index (χ4n) is 3.22. The highest BCUT2D eigenvalue weighted by Crippen LogP contribution is 2.34. The Kier molecular flexibility index (Phi) is 4.79. The highest BCUT2D eigenvalue weighted by Gasteiger charge is 2.34. The Morgan fingerprint density at radius 3 is 2.66 bits per heavy atom. The summed E-state index contributed by atoms with van der Waals surface area (Å²) >= 11 is 5.76. The molecule has 2 N–H and O–H groups in total. The number of fused-ring (bicyclic) bond motifs is 1. The minimum absolute atomic E-state index is 0.113. The molecule has 1 atom stereocenters. The number of halogens is 3. The number of amides is 2. The molecule has 6 nitrogen and oxygen atoms in total. The molecule has 1 aliphatic rings. The predicted octanol–water partition coefficient (Wildman–Crippen LogP) is 4.31. The SMILES string of the molecule is Cc1c(-c2ccc(F)cc2)nn2c1NC(=O)C[C@H]2C(=O)Nc1ccc(F)c(Cl)c1. The van der Waals surface area contributed by atoms with E-state index in [0.29, 0.717) is 28.3 Å². The fraction of sp³-hybridized carbons (Fsp3) is 0.150.